The van der Waals surface area contributed by atoms with Crippen LogP contribution in [-0.2, 0) is 26.2 Å². The second-order valence-electron chi connectivity index (χ2n) is 10.2. The number of amides is 2. The molecule has 1 atom stereocenters. The summed E-state index contributed by atoms with van der Waals surface area (Å²) in [6.07, 6.45) is 4.05. The summed E-state index contributed by atoms with van der Waals surface area (Å²) < 4.78 is 34.8. The molecule has 0 spiro atoms. The van der Waals surface area contributed by atoms with Gasteiger partial charge in [0.05, 0.1) is 17.2 Å². The molecule has 0 unspecified atom stereocenters. The Labute approximate surface area is 260 Å². The van der Waals surface area contributed by atoms with E-state index in [4.69, 9.17) is 4.74 Å². The maximum atomic E-state index is 14.2. The van der Waals surface area contributed by atoms with Crippen molar-refractivity contribution in [2.75, 3.05) is 30.3 Å². The van der Waals surface area contributed by atoms with Crippen LogP contribution in [-0.4, -0.2) is 57.1 Å². The molecular formula is C33H43N3O5S2. The largest absolute Gasteiger partial charge is 0.494 e. The molecule has 10 heteroatoms. The molecule has 43 heavy (non-hydrogen) atoms. The Bertz CT molecular complexity index is 1440. The van der Waals surface area contributed by atoms with Gasteiger partial charge in [0.1, 0.15) is 18.3 Å². The number of unbranched alkanes of at least 4 members (excludes halogenated alkanes) is 1. The number of hydrogen-bond donors (Lipinski definition) is 1. The molecular weight excluding hydrogens is 583 g/mol. The van der Waals surface area contributed by atoms with Gasteiger partial charge in [0.2, 0.25) is 11.8 Å². The first kappa shape index (κ1) is 34.0. The zero-order chi connectivity index (χ0) is 31.4. The first-order chi connectivity index (χ1) is 20.6. The smallest absolute Gasteiger partial charge is 0.264 e. The summed E-state index contributed by atoms with van der Waals surface area (Å²) in [6, 6.07) is 20.2. The normalized spacial score (nSPS) is 11.9. The van der Waals surface area contributed by atoms with E-state index in [2.05, 4.69) is 5.32 Å². The van der Waals surface area contributed by atoms with Crippen molar-refractivity contribution in [2.45, 2.75) is 69.3 Å². The minimum absolute atomic E-state index is 0.0709. The highest BCUT2D eigenvalue weighted by Crippen LogP contribution is 2.28. The summed E-state index contributed by atoms with van der Waals surface area (Å²) in [4.78, 5) is 30.0. The van der Waals surface area contributed by atoms with Gasteiger partial charge in [0, 0.05) is 18.0 Å². The van der Waals surface area contributed by atoms with E-state index in [-0.39, 0.29) is 17.3 Å². The molecule has 0 heterocycles. The number of nitrogens with zero attached hydrogens (tertiary/aromatic N) is 2. The molecule has 3 aromatic rings. The lowest BCUT2D eigenvalue weighted by atomic mass is 10.1. The fraction of sp³-hybridized carbons (Fsp3) is 0.394. The van der Waals surface area contributed by atoms with Crippen molar-refractivity contribution in [1.82, 2.24) is 10.2 Å². The standard InChI is InChI=1S/C33H43N3O5S2/c1-6-9-21-34-33(38)31(7-2)35(23-26-12-10-11-25(4)22-26)32(37)24-36(27-13-15-28(16-14-27)41-8-3)43(39,40)30-19-17-29(42-5)18-20-30/h10-20,22,31H,6-9,21,23-24H2,1-5H3,(H,34,38)/t31-/m1/s1. The van der Waals surface area contributed by atoms with Gasteiger partial charge in [-0.25, -0.2) is 8.42 Å². The van der Waals surface area contributed by atoms with Crippen LogP contribution in [0.1, 0.15) is 51.2 Å². The van der Waals surface area contributed by atoms with Crippen LogP contribution in [0.2, 0.25) is 0 Å². The highest BCUT2D eigenvalue weighted by molar-refractivity contribution is 7.98. The van der Waals surface area contributed by atoms with Crippen LogP contribution in [0.5, 0.6) is 5.75 Å². The van der Waals surface area contributed by atoms with Gasteiger partial charge in [-0.2, -0.15) is 0 Å². The Morgan fingerprint density at radius 3 is 2.26 bits per heavy atom. The highest BCUT2D eigenvalue weighted by Gasteiger charge is 2.33. The second-order valence-corrected chi connectivity index (χ2v) is 12.9. The summed E-state index contributed by atoms with van der Waals surface area (Å²) >= 11 is 1.51. The average molecular weight is 626 g/mol. The van der Waals surface area contributed by atoms with Crippen LogP contribution in [0, 0.1) is 6.92 Å². The molecule has 8 nitrogen and oxygen atoms in total. The van der Waals surface area contributed by atoms with Crippen LogP contribution in [0.15, 0.2) is 82.6 Å². The predicted molar refractivity (Wildman–Crippen MR) is 174 cm³/mol. The molecule has 3 rings (SSSR count). The van der Waals surface area contributed by atoms with Gasteiger partial charge in [0.25, 0.3) is 10.0 Å². The molecule has 0 fully saturated rings. The summed E-state index contributed by atoms with van der Waals surface area (Å²) in [5, 5.41) is 2.96. The third-order valence-corrected chi connectivity index (χ3v) is 9.54. The number of nitrogens with one attached hydrogen (secondary N) is 1. The number of carbonyl (C=O) groups is 2. The van der Waals surface area contributed by atoms with E-state index in [1.807, 2.05) is 58.2 Å². The van der Waals surface area contributed by atoms with E-state index in [0.29, 0.717) is 31.0 Å². The van der Waals surface area contributed by atoms with Crippen molar-refractivity contribution in [2.24, 2.45) is 0 Å². The van der Waals surface area contributed by atoms with Crippen molar-refractivity contribution in [3.63, 3.8) is 0 Å². The van der Waals surface area contributed by atoms with Gasteiger partial charge in [-0.15, -0.1) is 11.8 Å². The number of benzene rings is 3. The molecule has 0 aliphatic carbocycles. The maximum Gasteiger partial charge on any atom is 0.264 e. The molecule has 0 saturated carbocycles. The van der Waals surface area contributed by atoms with E-state index in [0.717, 1.165) is 33.2 Å². The third kappa shape index (κ3) is 9.24. The van der Waals surface area contributed by atoms with Gasteiger partial charge in [-0.05, 0) is 87.0 Å². The van der Waals surface area contributed by atoms with Crippen LogP contribution in [0.3, 0.4) is 0 Å². The van der Waals surface area contributed by atoms with Gasteiger partial charge < -0.3 is 15.0 Å². The molecule has 0 bridgehead atoms. The molecule has 0 saturated heterocycles. The zero-order valence-corrected chi connectivity index (χ0v) is 27.3. The molecule has 0 aliphatic rings. The maximum absolute atomic E-state index is 14.2. The minimum atomic E-state index is -4.15. The van der Waals surface area contributed by atoms with E-state index >= 15 is 0 Å². The number of anilines is 1. The van der Waals surface area contributed by atoms with E-state index < -0.39 is 28.5 Å². The third-order valence-electron chi connectivity index (χ3n) is 7.01. The summed E-state index contributed by atoms with van der Waals surface area (Å²) in [5.74, 6) is -0.132. The quantitative estimate of drug-likeness (QED) is 0.154. The highest BCUT2D eigenvalue weighted by atomic mass is 32.2. The summed E-state index contributed by atoms with van der Waals surface area (Å²) in [6.45, 7) is 8.40. The van der Waals surface area contributed by atoms with Crippen molar-refractivity contribution in [3.8, 4) is 5.75 Å². The number of thioether (sulfide) groups is 1. The Balaban J connectivity index is 2.04. The number of hydrogen-bond acceptors (Lipinski definition) is 6. The van der Waals surface area contributed by atoms with E-state index in [1.54, 1.807) is 48.5 Å². The van der Waals surface area contributed by atoms with Gasteiger partial charge in [-0.3, -0.25) is 13.9 Å². The Morgan fingerprint density at radius 2 is 1.67 bits per heavy atom. The van der Waals surface area contributed by atoms with Gasteiger partial charge in [0.15, 0.2) is 0 Å². The zero-order valence-electron chi connectivity index (χ0n) is 25.7. The van der Waals surface area contributed by atoms with Crippen molar-refractivity contribution in [1.29, 1.82) is 0 Å². The number of sulfonamides is 1. The lowest BCUT2D eigenvalue weighted by Crippen LogP contribution is -2.52. The molecule has 0 aromatic heterocycles. The Hall–Kier alpha value is -3.50. The minimum Gasteiger partial charge on any atom is -0.494 e. The number of rotatable bonds is 16. The van der Waals surface area contributed by atoms with E-state index in [1.165, 1.54) is 16.7 Å². The molecule has 2 amide bonds. The van der Waals surface area contributed by atoms with Crippen molar-refractivity contribution in [3.05, 3.63) is 83.9 Å². The molecule has 0 radical (unpaired) electrons. The van der Waals surface area contributed by atoms with Gasteiger partial charge >= 0.3 is 0 Å². The molecule has 1 N–H and O–H groups in total. The fourth-order valence-corrected chi connectivity index (χ4v) is 6.53. The SMILES string of the molecule is CCCCNC(=O)[C@@H](CC)N(Cc1cccc(C)c1)C(=O)CN(c1ccc(OCC)cc1)S(=O)(=O)c1ccc(SC)cc1. The first-order valence-electron chi connectivity index (χ1n) is 14.7. The fourth-order valence-electron chi connectivity index (χ4n) is 4.71. The van der Waals surface area contributed by atoms with Crippen LogP contribution in [0.4, 0.5) is 5.69 Å². The first-order valence-corrected chi connectivity index (χ1v) is 17.3. The van der Waals surface area contributed by atoms with Crippen LogP contribution in [0.25, 0.3) is 0 Å². The molecule has 3 aromatic carbocycles. The average Bonchev–Trinajstić information content (AvgIpc) is 3.00. The molecule has 0 aliphatic heterocycles. The Kier molecular flexibility index (Phi) is 12.9. The number of carbonyl (C=O) groups excluding carboxylic acids is 2. The van der Waals surface area contributed by atoms with Crippen molar-refractivity contribution < 1.29 is 22.7 Å². The predicted octanol–water partition coefficient (Wildman–Crippen LogP) is 6.03. The molecule has 232 valence electrons. The van der Waals surface area contributed by atoms with Gasteiger partial charge in [-0.1, -0.05) is 50.1 Å². The number of ether oxygens (including phenoxy) is 1. The lowest BCUT2D eigenvalue weighted by molar-refractivity contribution is -0.140. The summed E-state index contributed by atoms with van der Waals surface area (Å²) in [5.41, 5.74) is 2.20. The summed E-state index contributed by atoms with van der Waals surface area (Å²) in [7, 11) is -4.15. The monoisotopic (exact) mass is 625 g/mol. The van der Waals surface area contributed by atoms with Crippen LogP contribution < -0.4 is 14.4 Å². The lowest BCUT2D eigenvalue weighted by Gasteiger charge is -2.33. The van der Waals surface area contributed by atoms with E-state index in [9.17, 15) is 18.0 Å². The van der Waals surface area contributed by atoms with Crippen LogP contribution >= 0.6 is 11.8 Å². The Morgan fingerprint density at radius 1 is 0.977 bits per heavy atom. The van der Waals surface area contributed by atoms with Crippen molar-refractivity contribution >= 4 is 39.3 Å². The topological polar surface area (TPSA) is 96.0 Å². The second kappa shape index (κ2) is 16.4. The number of aryl methyl sites for hydroxylation is 1.